The van der Waals surface area contributed by atoms with Gasteiger partial charge < -0.3 is 25.0 Å². The average Bonchev–Trinajstić information content (AvgIpc) is 2.98. The number of carbonyl (C=O) groups excluding carboxylic acids is 2. The minimum Gasteiger partial charge on any atom is -0.490 e. The number of nitrogens with zero attached hydrogens (tertiary/aromatic N) is 1. The highest BCUT2D eigenvalue weighted by Crippen LogP contribution is 2.32. The molecule has 1 aliphatic heterocycles. The molecule has 44 heavy (non-hydrogen) atoms. The Kier molecular flexibility index (Phi) is 9.03. The van der Waals surface area contributed by atoms with Crippen molar-refractivity contribution >= 4 is 23.3 Å². The third kappa shape index (κ3) is 7.85. The van der Waals surface area contributed by atoms with Crippen LogP contribution in [0, 0.1) is 12.7 Å². The van der Waals surface area contributed by atoms with E-state index in [1.54, 1.807) is 41.3 Å². The predicted molar refractivity (Wildman–Crippen MR) is 158 cm³/mol. The molecule has 7 nitrogen and oxygen atoms in total. The second-order valence-electron chi connectivity index (χ2n) is 10.3. The Hall–Kier alpha value is -5.06. The highest BCUT2D eigenvalue weighted by Gasteiger charge is 2.31. The number of nitrogens with one attached hydrogen (secondary N) is 2. The van der Waals surface area contributed by atoms with Crippen molar-refractivity contribution in [1.29, 1.82) is 0 Å². The molecule has 228 valence electrons. The van der Waals surface area contributed by atoms with Crippen molar-refractivity contribution < 1.29 is 36.6 Å². The van der Waals surface area contributed by atoms with E-state index in [0.29, 0.717) is 59.7 Å². The van der Waals surface area contributed by atoms with Crippen molar-refractivity contribution in [1.82, 2.24) is 4.90 Å². The largest absolute Gasteiger partial charge is 0.573 e. The molecule has 0 bridgehead atoms. The van der Waals surface area contributed by atoms with E-state index >= 15 is 0 Å². The Balaban J connectivity index is 1.20. The summed E-state index contributed by atoms with van der Waals surface area (Å²) in [5.74, 6) is -0.563. The zero-order valence-electron chi connectivity index (χ0n) is 23.7. The Morgan fingerprint density at radius 3 is 2.18 bits per heavy atom. The van der Waals surface area contributed by atoms with Gasteiger partial charge in [0.05, 0.1) is 0 Å². The second kappa shape index (κ2) is 13.1. The minimum absolute atomic E-state index is 0.136. The van der Waals surface area contributed by atoms with E-state index in [0.717, 1.165) is 5.56 Å². The fraction of sp³-hybridized carbons (Fsp3) is 0.212. The van der Waals surface area contributed by atoms with Crippen molar-refractivity contribution in [3.8, 4) is 22.6 Å². The van der Waals surface area contributed by atoms with Crippen molar-refractivity contribution in [2.75, 3.05) is 23.7 Å². The predicted octanol–water partition coefficient (Wildman–Crippen LogP) is 8.03. The number of ether oxygens (including phenoxy) is 2. The van der Waals surface area contributed by atoms with E-state index in [9.17, 15) is 27.2 Å². The van der Waals surface area contributed by atoms with Crippen LogP contribution in [0.1, 0.15) is 28.8 Å². The summed E-state index contributed by atoms with van der Waals surface area (Å²) in [5.41, 5.74) is 3.30. The van der Waals surface area contributed by atoms with Crippen molar-refractivity contribution in [2.45, 2.75) is 32.2 Å². The monoisotopic (exact) mass is 607 g/mol. The lowest BCUT2D eigenvalue weighted by molar-refractivity contribution is -0.274. The van der Waals surface area contributed by atoms with Crippen LogP contribution >= 0.6 is 0 Å². The van der Waals surface area contributed by atoms with Gasteiger partial charge in [-0.05, 0) is 78.2 Å². The van der Waals surface area contributed by atoms with Crippen LogP contribution in [0.4, 0.5) is 33.7 Å². The van der Waals surface area contributed by atoms with Crippen LogP contribution < -0.4 is 20.1 Å². The zero-order chi connectivity index (χ0) is 31.3. The topological polar surface area (TPSA) is 79.9 Å². The maximum atomic E-state index is 13.4. The van der Waals surface area contributed by atoms with E-state index in [1.807, 2.05) is 13.0 Å². The van der Waals surface area contributed by atoms with Gasteiger partial charge in [-0.1, -0.05) is 30.3 Å². The van der Waals surface area contributed by atoms with Crippen LogP contribution in [0.3, 0.4) is 0 Å². The molecule has 1 aliphatic rings. The fourth-order valence-corrected chi connectivity index (χ4v) is 5.01. The molecule has 11 heteroatoms. The van der Waals surface area contributed by atoms with Crippen LogP contribution in [-0.4, -0.2) is 42.4 Å². The number of amides is 3. The highest BCUT2D eigenvalue weighted by atomic mass is 19.4. The zero-order valence-corrected chi connectivity index (χ0v) is 23.7. The van der Waals surface area contributed by atoms with E-state index in [4.69, 9.17) is 4.74 Å². The molecular weight excluding hydrogens is 578 g/mol. The molecule has 1 saturated heterocycles. The van der Waals surface area contributed by atoms with Crippen molar-refractivity contribution in [2.24, 2.45) is 0 Å². The van der Waals surface area contributed by atoms with E-state index in [2.05, 4.69) is 15.4 Å². The van der Waals surface area contributed by atoms with Gasteiger partial charge in [0.1, 0.15) is 23.4 Å². The van der Waals surface area contributed by atoms with Gasteiger partial charge in [0, 0.05) is 48.9 Å². The fourth-order valence-electron chi connectivity index (χ4n) is 5.01. The Labute approximate surface area is 251 Å². The molecule has 4 aromatic rings. The van der Waals surface area contributed by atoms with Gasteiger partial charge in [-0.2, -0.15) is 0 Å². The summed E-state index contributed by atoms with van der Waals surface area (Å²) in [6, 6.07) is 22.9. The normalized spacial score (nSPS) is 13.7. The number of hydrogen-bond acceptors (Lipinski definition) is 4. The number of halogens is 4. The van der Waals surface area contributed by atoms with Crippen LogP contribution in [-0.2, 0) is 0 Å². The molecule has 0 aliphatic carbocycles. The smallest absolute Gasteiger partial charge is 0.490 e. The van der Waals surface area contributed by atoms with Gasteiger partial charge in [-0.3, -0.25) is 4.79 Å². The summed E-state index contributed by atoms with van der Waals surface area (Å²) in [4.78, 5) is 27.6. The lowest BCUT2D eigenvalue weighted by Crippen LogP contribution is -2.43. The second-order valence-corrected chi connectivity index (χ2v) is 10.3. The molecular formula is C33H29F4N3O4. The molecule has 0 spiro atoms. The maximum Gasteiger partial charge on any atom is 0.573 e. The Bertz CT molecular complexity index is 1620. The molecule has 0 unspecified atom stereocenters. The van der Waals surface area contributed by atoms with Crippen LogP contribution in [0.5, 0.6) is 11.5 Å². The maximum absolute atomic E-state index is 13.4. The molecule has 0 aromatic heterocycles. The van der Waals surface area contributed by atoms with Crippen LogP contribution in [0.25, 0.3) is 11.1 Å². The van der Waals surface area contributed by atoms with E-state index < -0.39 is 12.3 Å². The standard InChI is InChI=1S/C33H29F4N3O4/c1-21-4-2-7-29(30(21)22-8-14-27(15-9-22)44-33(35,36)37)31(41)38-25-5-3-6-28(20-25)43-26-16-18-40(19-17-26)32(42)39-24-12-10-23(34)11-13-24/h2-15,20,26H,16-19H2,1H3,(H,38,41)(H,39,42). The summed E-state index contributed by atoms with van der Waals surface area (Å²) in [5, 5.41) is 5.65. The highest BCUT2D eigenvalue weighted by molar-refractivity contribution is 6.09. The lowest BCUT2D eigenvalue weighted by Gasteiger charge is -2.32. The molecule has 0 atom stereocenters. The van der Waals surface area contributed by atoms with Crippen molar-refractivity contribution in [3.05, 3.63) is 108 Å². The molecule has 2 N–H and O–H groups in total. The van der Waals surface area contributed by atoms with Crippen LogP contribution in [0.15, 0.2) is 91.0 Å². The van der Waals surface area contributed by atoms with Crippen molar-refractivity contribution in [3.63, 3.8) is 0 Å². The summed E-state index contributed by atoms with van der Waals surface area (Å²) in [7, 11) is 0. The van der Waals surface area contributed by atoms with Gasteiger partial charge >= 0.3 is 12.4 Å². The number of urea groups is 1. The number of hydrogen-bond donors (Lipinski definition) is 2. The SMILES string of the molecule is Cc1cccc(C(=O)Nc2cccc(OC3CCN(C(=O)Nc4ccc(F)cc4)CC3)c2)c1-c1ccc(OC(F)(F)F)cc1. The number of likely N-dealkylation sites (tertiary alicyclic amines) is 1. The molecule has 1 fully saturated rings. The number of benzene rings is 4. The third-order valence-electron chi connectivity index (χ3n) is 7.11. The molecule has 1 heterocycles. The molecule has 0 saturated carbocycles. The first kappa shape index (κ1) is 30.4. The third-order valence-corrected chi connectivity index (χ3v) is 7.11. The van der Waals surface area contributed by atoms with Gasteiger partial charge in [0.25, 0.3) is 5.91 Å². The molecule has 3 amide bonds. The number of alkyl halides is 3. The number of anilines is 2. The first-order chi connectivity index (χ1) is 21.0. The van der Waals surface area contributed by atoms with E-state index in [1.165, 1.54) is 48.5 Å². The number of aryl methyl sites for hydroxylation is 1. The molecule has 4 aromatic carbocycles. The molecule has 5 rings (SSSR count). The Morgan fingerprint density at radius 1 is 0.818 bits per heavy atom. The van der Waals surface area contributed by atoms with Gasteiger partial charge in [-0.25, -0.2) is 9.18 Å². The van der Waals surface area contributed by atoms with Gasteiger partial charge in [-0.15, -0.1) is 13.2 Å². The Morgan fingerprint density at radius 2 is 1.50 bits per heavy atom. The number of carbonyl (C=O) groups is 2. The lowest BCUT2D eigenvalue weighted by atomic mass is 9.94. The first-order valence-electron chi connectivity index (χ1n) is 13.9. The van der Waals surface area contributed by atoms with Gasteiger partial charge in [0.2, 0.25) is 0 Å². The summed E-state index contributed by atoms with van der Waals surface area (Å²) < 4.78 is 61.0. The first-order valence-corrected chi connectivity index (χ1v) is 13.9. The summed E-state index contributed by atoms with van der Waals surface area (Å²) in [6.45, 7) is 2.78. The number of rotatable bonds is 7. The van der Waals surface area contributed by atoms with E-state index in [-0.39, 0.29) is 23.7 Å². The average molecular weight is 608 g/mol. The van der Waals surface area contributed by atoms with Crippen LogP contribution in [0.2, 0.25) is 0 Å². The minimum atomic E-state index is -4.80. The molecule has 0 radical (unpaired) electrons. The van der Waals surface area contributed by atoms with Gasteiger partial charge in [0.15, 0.2) is 0 Å². The number of piperidine rings is 1. The quantitative estimate of drug-likeness (QED) is 0.209. The summed E-state index contributed by atoms with van der Waals surface area (Å²) in [6.07, 6.45) is -3.73. The summed E-state index contributed by atoms with van der Waals surface area (Å²) >= 11 is 0.